The molecule has 3 heterocycles. The number of fused-ring (bicyclic) bond motifs is 1. The highest BCUT2D eigenvalue weighted by atomic mass is 35.5. The number of ketones is 1. The van der Waals surface area contributed by atoms with Gasteiger partial charge >= 0.3 is 5.69 Å². The molecule has 0 radical (unpaired) electrons. The Morgan fingerprint density at radius 3 is 2.44 bits per heavy atom. The van der Waals surface area contributed by atoms with E-state index < -0.39 is 17.3 Å². The molecule has 1 saturated heterocycles. The van der Waals surface area contributed by atoms with Crippen LogP contribution in [-0.4, -0.2) is 55.5 Å². The summed E-state index contributed by atoms with van der Waals surface area (Å²) in [6.07, 6.45) is 0. The maximum Gasteiger partial charge on any atom is 0.332 e. The van der Waals surface area contributed by atoms with Gasteiger partial charge in [0.1, 0.15) is 5.82 Å². The Morgan fingerprint density at radius 2 is 1.81 bits per heavy atom. The lowest BCUT2D eigenvalue weighted by Crippen LogP contribution is -2.46. The van der Waals surface area contributed by atoms with Crippen LogP contribution in [0.1, 0.15) is 25.7 Å². The predicted molar refractivity (Wildman–Crippen MR) is 125 cm³/mol. The lowest BCUT2D eigenvalue weighted by Gasteiger charge is -2.36. The topological polar surface area (TPSA) is 85.4 Å². The highest BCUT2D eigenvalue weighted by Crippen LogP contribution is 2.23. The zero-order valence-corrected chi connectivity index (χ0v) is 19.5. The summed E-state index contributed by atoms with van der Waals surface area (Å²) < 4.78 is 4.12. The van der Waals surface area contributed by atoms with Gasteiger partial charge in [0.15, 0.2) is 16.9 Å². The van der Waals surface area contributed by atoms with Crippen LogP contribution in [0.4, 0.5) is 5.69 Å². The number of hydrogen-bond acceptors (Lipinski definition) is 6. The van der Waals surface area contributed by atoms with Crippen molar-refractivity contribution in [2.75, 3.05) is 31.1 Å². The molecule has 10 heteroatoms. The van der Waals surface area contributed by atoms with Crippen molar-refractivity contribution >= 4 is 34.2 Å². The lowest BCUT2D eigenvalue weighted by atomic mass is 10.2. The molecule has 0 spiro atoms. The van der Waals surface area contributed by atoms with Gasteiger partial charge in [-0.25, -0.2) is 9.78 Å². The minimum Gasteiger partial charge on any atom is -0.369 e. The Kier molecular flexibility index (Phi) is 5.96. The van der Waals surface area contributed by atoms with Crippen LogP contribution >= 0.6 is 11.6 Å². The Balaban J connectivity index is 1.66. The quantitative estimate of drug-likeness (QED) is 0.576. The molecule has 32 heavy (non-hydrogen) atoms. The van der Waals surface area contributed by atoms with Crippen LogP contribution in [0.2, 0.25) is 5.02 Å². The second kappa shape index (κ2) is 8.55. The van der Waals surface area contributed by atoms with Crippen LogP contribution in [0.15, 0.2) is 33.9 Å². The van der Waals surface area contributed by atoms with E-state index in [4.69, 9.17) is 11.6 Å². The van der Waals surface area contributed by atoms with Crippen molar-refractivity contribution in [3.8, 4) is 0 Å². The Bertz CT molecular complexity index is 1300. The van der Waals surface area contributed by atoms with Crippen LogP contribution in [0.5, 0.6) is 0 Å². The molecule has 9 nitrogen and oxygen atoms in total. The SMILES string of the molecule is CC(=O)[C@H](C)n1c(CN2CCN(c3cccc(Cl)c3)CC2)nc2c1c(=O)n(C)c(=O)n2C. The summed E-state index contributed by atoms with van der Waals surface area (Å²) in [5.41, 5.74) is 0.793. The molecule has 0 aliphatic carbocycles. The van der Waals surface area contributed by atoms with Crippen LogP contribution in [-0.2, 0) is 25.4 Å². The summed E-state index contributed by atoms with van der Waals surface area (Å²) >= 11 is 6.13. The highest BCUT2D eigenvalue weighted by molar-refractivity contribution is 6.30. The average molecular weight is 459 g/mol. The first-order chi connectivity index (χ1) is 15.2. The molecule has 1 aromatic carbocycles. The van der Waals surface area contributed by atoms with Gasteiger partial charge in [-0.2, -0.15) is 0 Å². The fourth-order valence-corrected chi connectivity index (χ4v) is 4.39. The average Bonchev–Trinajstić information content (AvgIpc) is 3.15. The van der Waals surface area contributed by atoms with Gasteiger partial charge in [0.25, 0.3) is 5.56 Å². The number of nitrogens with zero attached hydrogens (tertiary/aromatic N) is 6. The maximum absolute atomic E-state index is 12.9. The highest BCUT2D eigenvalue weighted by Gasteiger charge is 2.26. The third kappa shape index (κ3) is 3.86. The summed E-state index contributed by atoms with van der Waals surface area (Å²) in [6.45, 7) is 6.96. The Hall–Kier alpha value is -2.91. The fraction of sp³-hybridized carbons (Fsp3) is 0.455. The van der Waals surface area contributed by atoms with Gasteiger partial charge in [-0.05, 0) is 32.0 Å². The normalized spacial score (nSPS) is 16.0. The van der Waals surface area contributed by atoms with E-state index >= 15 is 0 Å². The molecule has 0 N–H and O–H groups in total. The first-order valence-electron chi connectivity index (χ1n) is 10.6. The lowest BCUT2D eigenvalue weighted by molar-refractivity contribution is -0.119. The molecule has 0 bridgehead atoms. The minimum atomic E-state index is -0.562. The van der Waals surface area contributed by atoms with Gasteiger partial charge in [0.05, 0.1) is 12.6 Å². The Morgan fingerprint density at radius 1 is 1.12 bits per heavy atom. The van der Waals surface area contributed by atoms with Gasteiger partial charge in [0, 0.05) is 51.0 Å². The van der Waals surface area contributed by atoms with Gasteiger partial charge in [0.2, 0.25) is 0 Å². The van der Waals surface area contributed by atoms with E-state index in [0.717, 1.165) is 36.4 Å². The van der Waals surface area contributed by atoms with E-state index in [-0.39, 0.29) is 11.3 Å². The predicted octanol–water partition coefficient (Wildman–Crippen LogP) is 1.56. The molecule has 3 aromatic rings. The summed E-state index contributed by atoms with van der Waals surface area (Å²) in [5.74, 6) is 0.532. The zero-order chi connectivity index (χ0) is 23.2. The van der Waals surface area contributed by atoms with Crippen molar-refractivity contribution < 1.29 is 4.79 Å². The Labute approximate surface area is 190 Å². The molecule has 1 fully saturated rings. The van der Waals surface area contributed by atoms with E-state index in [9.17, 15) is 14.4 Å². The number of benzene rings is 1. The van der Waals surface area contributed by atoms with Crippen molar-refractivity contribution in [2.45, 2.75) is 26.4 Å². The summed E-state index contributed by atoms with van der Waals surface area (Å²) in [4.78, 5) is 46.7. The van der Waals surface area contributed by atoms with Crippen molar-refractivity contribution in [3.63, 3.8) is 0 Å². The van der Waals surface area contributed by atoms with E-state index in [1.165, 1.54) is 18.5 Å². The molecule has 1 atom stereocenters. The molecular weight excluding hydrogens is 432 g/mol. The van der Waals surface area contributed by atoms with Gasteiger partial charge < -0.3 is 9.47 Å². The van der Waals surface area contributed by atoms with Crippen molar-refractivity contribution in [1.29, 1.82) is 0 Å². The van der Waals surface area contributed by atoms with Gasteiger partial charge in [-0.1, -0.05) is 17.7 Å². The molecule has 170 valence electrons. The first-order valence-corrected chi connectivity index (χ1v) is 11.0. The molecule has 4 rings (SSSR count). The van der Waals surface area contributed by atoms with Crippen molar-refractivity contribution in [1.82, 2.24) is 23.6 Å². The zero-order valence-electron chi connectivity index (χ0n) is 18.7. The molecule has 2 aromatic heterocycles. The smallest absolute Gasteiger partial charge is 0.332 e. The molecule has 1 aliphatic rings. The standard InChI is InChI=1S/C22H27ClN6O3/c1-14(15(2)30)29-18(24-20-19(29)21(31)26(4)22(32)25(20)3)13-27-8-10-28(11-9-27)17-7-5-6-16(23)12-17/h5-7,12,14H,8-11,13H2,1-4H3/t14-/m0/s1. The number of carbonyl (C=O) groups excluding carboxylic acids is 1. The van der Waals surface area contributed by atoms with E-state index in [1.54, 1.807) is 18.5 Å². The van der Waals surface area contributed by atoms with E-state index in [2.05, 4.69) is 14.8 Å². The fourth-order valence-electron chi connectivity index (χ4n) is 4.21. The summed E-state index contributed by atoms with van der Waals surface area (Å²) in [6, 6.07) is 7.25. The molecule has 0 amide bonds. The maximum atomic E-state index is 12.9. The third-order valence-corrected chi connectivity index (χ3v) is 6.49. The summed E-state index contributed by atoms with van der Waals surface area (Å²) in [7, 11) is 3.03. The number of rotatable bonds is 5. The van der Waals surface area contributed by atoms with E-state index in [1.807, 2.05) is 24.3 Å². The number of aryl methyl sites for hydroxylation is 1. The minimum absolute atomic E-state index is 0.0766. The number of imidazole rings is 1. The monoisotopic (exact) mass is 458 g/mol. The third-order valence-electron chi connectivity index (χ3n) is 6.25. The van der Waals surface area contributed by atoms with Crippen LogP contribution in [0, 0.1) is 0 Å². The second-order valence-electron chi connectivity index (χ2n) is 8.31. The number of halogens is 1. The van der Waals surface area contributed by atoms with Crippen molar-refractivity contribution in [3.05, 3.63) is 56.0 Å². The number of piperazine rings is 1. The second-order valence-corrected chi connectivity index (χ2v) is 8.74. The number of aromatic nitrogens is 4. The molecule has 1 aliphatic heterocycles. The van der Waals surface area contributed by atoms with E-state index in [0.29, 0.717) is 23.0 Å². The number of anilines is 1. The number of Topliss-reactive ketones (excluding diaryl/α,β-unsaturated/α-hetero) is 1. The number of hydrogen-bond donors (Lipinski definition) is 0. The molecule has 0 unspecified atom stereocenters. The van der Waals surface area contributed by atoms with Crippen LogP contribution < -0.4 is 16.1 Å². The largest absolute Gasteiger partial charge is 0.369 e. The molecular formula is C22H27ClN6O3. The van der Waals surface area contributed by atoms with Crippen LogP contribution in [0.3, 0.4) is 0 Å². The summed E-state index contributed by atoms with van der Waals surface area (Å²) in [5, 5.41) is 0.712. The van der Waals surface area contributed by atoms with Gasteiger partial charge in [-0.15, -0.1) is 0 Å². The first kappa shape index (κ1) is 22.3. The van der Waals surface area contributed by atoms with Crippen LogP contribution in [0.25, 0.3) is 11.2 Å². The van der Waals surface area contributed by atoms with Gasteiger partial charge in [-0.3, -0.25) is 23.6 Å². The molecule has 0 saturated carbocycles. The van der Waals surface area contributed by atoms with Crippen molar-refractivity contribution in [2.24, 2.45) is 14.1 Å². The number of carbonyl (C=O) groups is 1.